The number of benzene rings is 2. The summed E-state index contributed by atoms with van der Waals surface area (Å²) < 4.78 is 21.6. The quantitative estimate of drug-likeness (QED) is 0.639. The van der Waals surface area contributed by atoms with Gasteiger partial charge in [0.25, 0.3) is 0 Å². The first-order valence-corrected chi connectivity index (χ1v) is 7.50. The van der Waals surface area contributed by atoms with Crippen LogP contribution < -0.4 is 0 Å². The van der Waals surface area contributed by atoms with Gasteiger partial charge in [0, 0.05) is 11.2 Å². The molecule has 2 rings (SSSR count). The van der Waals surface area contributed by atoms with E-state index in [1.807, 2.05) is 0 Å². The van der Waals surface area contributed by atoms with Gasteiger partial charge in [0.15, 0.2) is 9.79 Å². The van der Waals surface area contributed by atoms with Gasteiger partial charge in [-0.2, -0.15) is 0 Å². The van der Waals surface area contributed by atoms with Crippen molar-refractivity contribution in [2.24, 2.45) is 0 Å². The smallest absolute Gasteiger partial charge is 0.337 e. The summed E-state index contributed by atoms with van der Waals surface area (Å²) in [6.07, 6.45) is 0. The Morgan fingerprint density at radius 3 is 1.36 bits per heavy atom. The summed E-state index contributed by atoms with van der Waals surface area (Å²) in [7, 11) is 2.61. The van der Waals surface area contributed by atoms with Crippen LogP contribution >= 0.6 is 0 Å². The lowest BCUT2D eigenvalue weighted by molar-refractivity contribution is 0.0592. The largest absolute Gasteiger partial charge is 0.606 e. The van der Waals surface area contributed by atoms with Crippen LogP contribution in [0.5, 0.6) is 0 Å². The first-order chi connectivity index (χ1) is 10.6. The molecule has 0 radical (unpaired) electrons. The van der Waals surface area contributed by atoms with Crippen molar-refractivity contribution >= 4 is 23.1 Å². The van der Waals surface area contributed by atoms with Gasteiger partial charge in [-0.3, -0.25) is 0 Å². The highest BCUT2D eigenvalue weighted by atomic mass is 32.2. The van der Waals surface area contributed by atoms with E-state index >= 15 is 0 Å². The van der Waals surface area contributed by atoms with Crippen molar-refractivity contribution in [2.75, 3.05) is 14.2 Å². The second-order valence-corrected chi connectivity index (χ2v) is 5.78. The van der Waals surface area contributed by atoms with Crippen LogP contribution in [0.4, 0.5) is 0 Å². The summed E-state index contributed by atoms with van der Waals surface area (Å²) in [6, 6.07) is 12.7. The number of carbonyl (C=O) groups excluding carboxylic acids is 2. The number of methoxy groups -OCH3 is 2. The zero-order chi connectivity index (χ0) is 16.1. The third-order valence-electron chi connectivity index (χ3n) is 2.98. The maximum absolute atomic E-state index is 12.4. The van der Waals surface area contributed by atoms with Crippen LogP contribution in [0.15, 0.2) is 58.3 Å². The molecule has 114 valence electrons. The topological polar surface area (TPSA) is 75.7 Å². The minimum atomic E-state index is -1.40. The molecule has 0 amide bonds. The van der Waals surface area contributed by atoms with E-state index in [9.17, 15) is 14.1 Å². The van der Waals surface area contributed by atoms with Crippen molar-refractivity contribution < 1.29 is 23.6 Å². The summed E-state index contributed by atoms with van der Waals surface area (Å²) >= 11 is -1.40. The molecule has 0 aliphatic carbocycles. The molecule has 0 saturated carbocycles. The normalized spacial score (nSPS) is 10.4. The predicted molar refractivity (Wildman–Crippen MR) is 80.2 cm³/mol. The molecule has 5 nitrogen and oxygen atoms in total. The van der Waals surface area contributed by atoms with Crippen LogP contribution in [0, 0.1) is 0 Å². The minimum Gasteiger partial charge on any atom is -0.606 e. The average Bonchev–Trinajstić information content (AvgIpc) is 2.60. The van der Waals surface area contributed by atoms with Crippen LogP contribution in [0.2, 0.25) is 0 Å². The molecule has 2 aromatic carbocycles. The fourth-order valence-electron chi connectivity index (χ4n) is 1.80. The van der Waals surface area contributed by atoms with Gasteiger partial charge >= 0.3 is 11.9 Å². The lowest BCUT2D eigenvalue weighted by atomic mass is 10.2. The Balaban J connectivity index is 2.18. The SMILES string of the molecule is COC(=O)c1ccc([S+]([O-])c2ccc(C(=O)OC)cc2)cc1. The van der Waals surface area contributed by atoms with Gasteiger partial charge in [-0.15, -0.1) is 0 Å². The Kier molecular flexibility index (Phi) is 5.19. The third-order valence-corrected chi connectivity index (χ3v) is 4.38. The maximum atomic E-state index is 12.4. The Hall–Kier alpha value is -2.31. The van der Waals surface area contributed by atoms with E-state index in [0.29, 0.717) is 20.9 Å². The molecule has 0 bridgehead atoms. The van der Waals surface area contributed by atoms with E-state index in [1.165, 1.54) is 14.2 Å². The molecular formula is C16H14O5S. The van der Waals surface area contributed by atoms with E-state index < -0.39 is 23.1 Å². The number of rotatable bonds is 4. The van der Waals surface area contributed by atoms with Gasteiger partial charge in [0.1, 0.15) is 0 Å². The molecule has 0 heterocycles. The number of hydrogen-bond donors (Lipinski definition) is 0. The second-order valence-electron chi connectivity index (χ2n) is 4.30. The molecule has 0 spiro atoms. The summed E-state index contributed by atoms with van der Waals surface area (Å²) in [5.74, 6) is -0.889. The molecule has 0 saturated heterocycles. The zero-order valence-corrected chi connectivity index (χ0v) is 12.9. The van der Waals surface area contributed by atoms with Crippen molar-refractivity contribution in [3.63, 3.8) is 0 Å². The number of esters is 2. The Morgan fingerprint density at radius 2 is 1.09 bits per heavy atom. The van der Waals surface area contributed by atoms with Crippen LogP contribution in [0.3, 0.4) is 0 Å². The lowest BCUT2D eigenvalue weighted by Gasteiger charge is -2.10. The van der Waals surface area contributed by atoms with Gasteiger partial charge in [0.2, 0.25) is 0 Å². The predicted octanol–water partition coefficient (Wildman–Crippen LogP) is 2.43. The van der Waals surface area contributed by atoms with E-state index in [1.54, 1.807) is 48.5 Å². The van der Waals surface area contributed by atoms with Crippen molar-refractivity contribution in [3.8, 4) is 0 Å². The fourth-order valence-corrected chi connectivity index (χ4v) is 2.84. The summed E-state index contributed by atoms with van der Waals surface area (Å²) in [5.41, 5.74) is 0.786. The van der Waals surface area contributed by atoms with Crippen LogP contribution in [-0.2, 0) is 20.6 Å². The van der Waals surface area contributed by atoms with Gasteiger partial charge in [0.05, 0.1) is 25.3 Å². The first kappa shape index (κ1) is 16.1. The third kappa shape index (κ3) is 3.47. The highest BCUT2D eigenvalue weighted by Gasteiger charge is 2.16. The van der Waals surface area contributed by atoms with Gasteiger partial charge in [-0.1, -0.05) is 0 Å². The number of carbonyl (C=O) groups is 2. The van der Waals surface area contributed by atoms with Gasteiger partial charge in [-0.25, -0.2) is 9.59 Å². The van der Waals surface area contributed by atoms with Crippen LogP contribution in [-0.4, -0.2) is 30.7 Å². The molecule has 2 aromatic rings. The van der Waals surface area contributed by atoms with Gasteiger partial charge < -0.3 is 14.0 Å². The number of ether oxygens (including phenoxy) is 2. The maximum Gasteiger partial charge on any atom is 0.337 e. The molecule has 0 fully saturated rings. The summed E-state index contributed by atoms with van der Waals surface area (Å²) in [4.78, 5) is 23.8. The summed E-state index contributed by atoms with van der Waals surface area (Å²) in [6.45, 7) is 0. The molecule has 22 heavy (non-hydrogen) atoms. The Labute approximate surface area is 131 Å². The molecule has 0 aliphatic heterocycles. The Morgan fingerprint density at radius 1 is 0.773 bits per heavy atom. The van der Waals surface area contributed by atoms with Crippen molar-refractivity contribution in [2.45, 2.75) is 9.79 Å². The van der Waals surface area contributed by atoms with E-state index in [2.05, 4.69) is 9.47 Å². The molecule has 0 atom stereocenters. The molecular weight excluding hydrogens is 304 g/mol. The van der Waals surface area contributed by atoms with Crippen molar-refractivity contribution in [1.82, 2.24) is 0 Å². The molecule has 6 heteroatoms. The van der Waals surface area contributed by atoms with Crippen LogP contribution in [0.1, 0.15) is 20.7 Å². The zero-order valence-electron chi connectivity index (χ0n) is 12.1. The van der Waals surface area contributed by atoms with Crippen molar-refractivity contribution in [1.29, 1.82) is 0 Å². The highest BCUT2D eigenvalue weighted by molar-refractivity contribution is 7.91. The minimum absolute atomic E-state index is 0.393. The van der Waals surface area contributed by atoms with Gasteiger partial charge in [-0.05, 0) is 48.5 Å². The average molecular weight is 318 g/mol. The van der Waals surface area contributed by atoms with Crippen molar-refractivity contribution in [3.05, 3.63) is 59.7 Å². The molecule has 0 N–H and O–H groups in total. The van der Waals surface area contributed by atoms with E-state index in [4.69, 9.17) is 0 Å². The summed E-state index contributed by atoms with van der Waals surface area (Å²) in [5, 5.41) is 0. The highest BCUT2D eigenvalue weighted by Crippen LogP contribution is 2.22. The Bertz CT molecular complexity index is 604. The standard InChI is InChI=1S/C16H14O5S/c1-20-15(17)11-3-7-13(8-4-11)22(19)14-9-5-12(6-10-14)16(18)21-2/h3-10H,1-2H3. The first-order valence-electron chi connectivity index (χ1n) is 6.35. The fraction of sp³-hybridized carbons (Fsp3) is 0.125. The molecule has 0 aromatic heterocycles. The molecule has 0 unspecified atom stereocenters. The second kappa shape index (κ2) is 7.11. The number of hydrogen-bond acceptors (Lipinski definition) is 5. The van der Waals surface area contributed by atoms with E-state index in [-0.39, 0.29) is 0 Å². The lowest BCUT2D eigenvalue weighted by Crippen LogP contribution is -2.06. The monoisotopic (exact) mass is 318 g/mol. The molecule has 0 aliphatic rings. The van der Waals surface area contributed by atoms with E-state index in [0.717, 1.165) is 0 Å². The van der Waals surface area contributed by atoms with Crippen LogP contribution in [0.25, 0.3) is 0 Å².